The summed E-state index contributed by atoms with van der Waals surface area (Å²) >= 11 is 0. The van der Waals surface area contributed by atoms with Gasteiger partial charge in [-0.15, -0.1) is 0 Å². The van der Waals surface area contributed by atoms with Crippen LogP contribution in [0.1, 0.15) is 38.5 Å². The number of carbonyl (C=O) groups is 4. The van der Waals surface area contributed by atoms with Crippen LogP contribution in [0, 0.1) is 0 Å². The molecule has 10 nitrogen and oxygen atoms in total. The highest BCUT2D eigenvalue weighted by Crippen LogP contribution is 2.02. The van der Waals surface area contributed by atoms with E-state index >= 15 is 0 Å². The number of nitrogens with two attached hydrogens (primary N) is 4. The first-order valence-corrected chi connectivity index (χ1v) is 8.42. The number of hydrogen-bond acceptors (Lipinski definition) is 10. The highest BCUT2D eigenvalue weighted by molar-refractivity contribution is 6.00. The van der Waals surface area contributed by atoms with E-state index in [4.69, 9.17) is 22.9 Å². The largest absolute Gasteiger partial charge is 0.389 e. The van der Waals surface area contributed by atoms with Gasteiger partial charge in [-0.1, -0.05) is 12.8 Å². The van der Waals surface area contributed by atoms with Crippen LogP contribution in [-0.4, -0.2) is 95.2 Å². The van der Waals surface area contributed by atoms with E-state index < -0.39 is 36.0 Å². The van der Waals surface area contributed by atoms with Gasteiger partial charge in [0.15, 0.2) is 0 Å². The zero-order valence-electron chi connectivity index (χ0n) is 14.7. The molecule has 2 atom stereocenters. The number of hydrogen-bond donors (Lipinski definition) is 4. The molecule has 156 valence electrons. The average Bonchev–Trinajstić information content (AvgIpc) is 2.60. The van der Waals surface area contributed by atoms with Crippen LogP contribution in [0.15, 0.2) is 12.2 Å². The summed E-state index contributed by atoms with van der Waals surface area (Å²) in [5.74, 6) is -4.02. The highest BCUT2D eigenvalue weighted by atomic mass is 24.3. The Hall–Kier alpha value is -0.608. The number of rotatable bonds is 12. The highest BCUT2D eigenvalue weighted by Gasteiger charge is 2.19. The number of unbranched alkanes of at least 4 members (excludes halogenated alkanes) is 2. The summed E-state index contributed by atoms with van der Waals surface area (Å²) in [5, 5.41) is 0. The molecule has 0 amide bonds. The van der Waals surface area contributed by atoms with Gasteiger partial charge in [-0.05, 0) is 38.8 Å². The van der Waals surface area contributed by atoms with Crippen LogP contribution >= 0.6 is 0 Å². The molecule has 0 aromatic heterocycles. The van der Waals surface area contributed by atoms with Crippen molar-refractivity contribution >= 4 is 70.0 Å². The van der Waals surface area contributed by atoms with Crippen molar-refractivity contribution in [1.82, 2.24) is 0 Å². The Kier molecular flexibility index (Phi) is 22.6. The Balaban J connectivity index is -0.00000312. The Bertz CT molecular complexity index is 475. The van der Waals surface area contributed by atoms with Gasteiger partial charge in [0.1, 0.15) is 12.1 Å². The van der Waals surface area contributed by atoms with Gasteiger partial charge < -0.3 is 32.4 Å². The fourth-order valence-electron chi connectivity index (χ4n) is 1.81. The van der Waals surface area contributed by atoms with E-state index in [1.54, 1.807) is 0 Å². The summed E-state index contributed by atoms with van der Waals surface area (Å²) in [6.45, 7) is 0.946. The fraction of sp³-hybridized carbons (Fsp3) is 0.625. The Morgan fingerprint density at radius 3 is 1.29 bits per heavy atom. The Morgan fingerprint density at radius 1 is 0.679 bits per heavy atom. The molecule has 0 aromatic rings. The van der Waals surface area contributed by atoms with Crippen molar-refractivity contribution in [3.05, 3.63) is 12.2 Å². The summed E-state index contributed by atoms with van der Waals surface area (Å²) in [6.07, 6.45) is 4.62. The molecule has 0 saturated carbocycles. The lowest BCUT2D eigenvalue weighted by atomic mass is 10.1. The van der Waals surface area contributed by atoms with Crippen LogP contribution in [0.3, 0.4) is 0 Å². The van der Waals surface area contributed by atoms with E-state index in [0.717, 1.165) is 0 Å². The molecule has 28 heavy (non-hydrogen) atoms. The van der Waals surface area contributed by atoms with Crippen LogP contribution in [-0.2, 0) is 28.7 Å². The molecule has 0 saturated heterocycles. The SMILES string of the molecule is NCCCC[C@H](N)C(=O)OC(=O)/C=C/C(=O)OC(=O)[C@@H](N)CCCCN.[MgH2].[MgH2]. The molecule has 0 unspecified atom stereocenters. The van der Waals surface area contributed by atoms with Crippen molar-refractivity contribution in [3.63, 3.8) is 0 Å². The molecule has 0 fully saturated rings. The molecule has 0 aliphatic rings. The van der Waals surface area contributed by atoms with Gasteiger partial charge in [0.05, 0.1) is 0 Å². The predicted molar refractivity (Wildman–Crippen MR) is 110 cm³/mol. The van der Waals surface area contributed by atoms with E-state index in [1.807, 2.05) is 0 Å². The average molecular weight is 425 g/mol. The Labute approximate surface area is 196 Å². The summed E-state index contributed by atoms with van der Waals surface area (Å²) in [7, 11) is 0. The van der Waals surface area contributed by atoms with E-state index in [2.05, 4.69) is 9.47 Å². The zero-order valence-corrected chi connectivity index (χ0v) is 14.7. The third-order valence-electron chi connectivity index (χ3n) is 3.30. The summed E-state index contributed by atoms with van der Waals surface area (Å²) in [5.41, 5.74) is 21.8. The van der Waals surface area contributed by atoms with Gasteiger partial charge in [0, 0.05) is 12.2 Å². The second-order valence-corrected chi connectivity index (χ2v) is 5.60. The lowest BCUT2D eigenvalue weighted by Crippen LogP contribution is -2.34. The van der Waals surface area contributed by atoms with Gasteiger partial charge in [0.2, 0.25) is 0 Å². The molecule has 0 radical (unpaired) electrons. The molecule has 0 spiro atoms. The van der Waals surface area contributed by atoms with E-state index in [0.29, 0.717) is 63.8 Å². The minimum absolute atomic E-state index is 0. The maximum absolute atomic E-state index is 11.6. The second kappa shape index (κ2) is 19.7. The summed E-state index contributed by atoms with van der Waals surface area (Å²) < 4.78 is 8.92. The fourth-order valence-corrected chi connectivity index (χ4v) is 1.81. The third kappa shape index (κ3) is 16.4. The number of esters is 4. The molecule has 8 N–H and O–H groups in total. The van der Waals surface area contributed by atoms with Crippen LogP contribution in [0.25, 0.3) is 0 Å². The molecular formula is C16H32Mg2N4O6. The molecular weight excluding hydrogens is 393 g/mol. The van der Waals surface area contributed by atoms with Crippen molar-refractivity contribution in [2.75, 3.05) is 13.1 Å². The minimum Gasteiger partial charge on any atom is -0.389 e. The van der Waals surface area contributed by atoms with Crippen molar-refractivity contribution in [1.29, 1.82) is 0 Å². The third-order valence-corrected chi connectivity index (χ3v) is 3.30. The zero-order chi connectivity index (χ0) is 19.9. The lowest BCUT2D eigenvalue weighted by Gasteiger charge is -2.09. The van der Waals surface area contributed by atoms with Crippen molar-refractivity contribution in [2.45, 2.75) is 50.6 Å². The lowest BCUT2D eigenvalue weighted by molar-refractivity contribution is -0.160. The maximum Gasteiger partial charge on any atom is 0.338 e. The molecule has 0 aliphatic heterocycles. The quantitative estimate of drug-likeness (QED) is 0.0813. The summed E-state index contributed by atoms with van der Waals surface area (Å²) in [4.78, 5) is 46.0. The van der Waals surface area contributed by atoms with Gasteiger partial charge in [-0.3, -0.25) is 0 Å². The van der Waals surface area contributed by atoms with E-state index in [-0.39, 0.29) is 46.1 Å². The van der Waals surface area contributed by atoms with Gasteiger partial charge in [0.25, 0.3) is 0 Å². The van der Waals surface area contributed by atoms with Crippen LogP contribution < -0.4 is 22.9 Å². The molecule has 0 bridgehead atoms. The monoisotopic (exact) mass is 424 g/mol. The molecule has 0 heterocycles. The first-order chi connectivity index (χ1) is 12.3. The van der Waals surface area contributed by atoms with Crippen LogP contribution in [0.2, 0.25) is 0 Å². The van der Waals surface area contributed by atoms with Crippen LogP contribution in [0.5, 0.6) is 0 Å². The van der Waals surface area contributed by atoms with Gasteiger partial charge in [-0.2, -0.15) is 0 Å². The van der Waals surface area contributed by atoms with Crippen molar-refractivity contribution < 1.29 is 28.7 Å². The number of ether oxygens (including phenoxy) is 2. The molecule has 0 aromatic carbocycles. The van der Waals surface area contributed by atoms with E-state index in [9.17, 15) is 19.2 Å². The first-order valence-electron chi connectivity index (χ1n) is 8.42. The molecule has 12 heteroatoms. The molecule has 0 rings (SSSR count). The number of carbonyl (C=O) groups excluding carboxylic acids is 4. The standard InChI is InChI=1S/C16H28N4O6.2Mg.4H/c17-9-3-1-5-11(19)15(23)25-13(21)7-8-14(22)26-16(24)12(20)6-2-4-10-18;;;;;;/h7-8,11-12H,1-6,9-10,17-20H2;;;;;;/b8-7+;;;;;;/t11-,12-;;;;;;/m0....../s1. The summed E-state index contributed by atoms with van der Waals surface area (Å²) in [6, 6.07) is -1.92. The first kappa shape index (κ1) is 32.1. The predicted octanol–water partition coefficient (Wildman–Crippen LogP) is -3.24. The van der Waals surface area contributed by atoms with Crippen molar-refractivity contribution in [3.8, 4) is 0 Å². The van der Waals surface area contributed by atoms with Crippen molar-refractivity contribution in [2.24, 2.45) is 22.9 Å². The van der Waals surface area contributed by atoms with Gasteiger partial charge >= 0.3 is 70.0 Å². The second-order valence-electron chi connectivity index (χ2n) is 5.60. The van der Waals surface area contributed by atoms with Gasteiger partial charge in [-0.25, -0.2) is 19.2 Å². The minimum atomic E-state index is -1.10. The maximum atomic E-state index is 11.6. The Morgan fingerprint density at radius 2 is 1.00 bits per heavy atom. The van der Waals surface area contributed by atoms with Crippen LogP contribution in [0.4, 0.5) is 0 Å². The molecule has 0 aliphatic carbocycles. The normalized spacial score (nSPS) is 12.3. The smallest absolute Gasteiger partial charge is 0.338 e. The topological polar surface area (TPSA) is 191 Å². The van der Waals surface area contributed by atoms with E-state index in [1.165, 1.54) is 0 Å².